The predicted octanol–water partition coefficient (Wildman–Crippen LogP) is 1.82. The standard InChI is InChI=1S/C10H14O2S/c1-6(2)9(11)8(5-13)10(12)7(3)4/h8,13H,1,3,5H2,2,4H3. The highest BCUT2D eigenvalue weighted by atomic mass is 32.1. The molecule has 0 fully saturated rings. The Kier molecular flexibility index (Phi) is 4.70. The Balaban J connectivity index is 4.71. The number of thiol groups is 1. The molecule has 0 rings (SSSR count). The number of rotatable bonds is 5. The molecule has 3 heteroatoms. The van der Waals surface area contributed by atoms with Gasteiger partial charge >= 0.3 is 0 Å². The SMILES string of the molecule is C=C(C)C(=O)C(CS)C(=O)C(=C)C. The monoisotopic (exact) mass is 198 g/mol. The van der Waals surface area contributed by atoms with Crippen molar-refractivity contribution in [3.8, 4) is 0 Å². The van der Waals surface area contributed by atoms with Crippen LogP contribution in [-0.4, -0.2) is 17.3 Å². The first-order valence-electron chi connectivity index (χ1n) is 3.92. The molecule has 0 aromatic rings. The molecule has 0 N–H and O–H groups in total. The van der Waals surface area contributed by atoms with Crippen molar-refractivity contribution in [1.82, 2.24) is 0 Å². The molecule has 0 aliphatic heterocycles. The molecule has 0 unspecified atom stereocenters. The van der Waals surface area contributed by atoms with Crippen LogP contribution in [0.2, 0.25) is 0 Å². The summed E-state index contributed by atoms with van der Waals surface area (Å²) in [5.74, 6) is -0.999. The van der Waals surface area contributed by atoms with Gasteiger partial charge in [0.2, 0.25) is 0 Å². The Morgan fingerprint density at radius 2 is 1.46 bits per heavy atom. The van der Waals surface area contributed by atoms with Gasteiger partial charge in [0.1, 0.15) is 0 Å². The average molecular weight is 198 g/mol. The second-order valence-corrected chi connectivity index (χ2v) is 3.39. The van der Waals surface area contributed by atoms with Gasteiger partial charge in [0.05, 0.1) is 5.92 Å². The first kappa shape index (κ1) is 12.2. The Hall–Kier alpha value is -0.830. The average Bonchev–Trinajstić information content (AvgIpc) is 2.04. The van der Waals surface area contributed by atoms with Crippen LogP contribution in [0.1, 0.15) is 13.8 Å². The molecule has 0 aliphatic carbocycles. The van der Waals surface area contributed by atoms with Gasteiger partial charge in [-0.2, -0.15) is 12.6 Å². The van der Waals surface area contributed by atoms with Gasteiger partial charge in [-0.05, 0) is 25.0 Å². The summed E-state index contributed by atoms with van der Waals surface area (Å²) in [6, 6.07) is 0. The van der Waals surface area contributed by atoms with Crippen LogP contribution in [0.5, 0.6) is 0 Å². The van der Waals surface area contributed by atoms with E-state index in [9.17, 15) is 9.59 Å². The van der Waals surface area contributed by atoms with E-state index in [1.165, 1.54) is 0 Å². The minimum atomic E-state index is -0.710. The van der Waals surface area contributed by atoms with Gasteiger partial charge in [-0.3, -0.25) is 9.59 Å². The molecule has 0 aromatic heterocycles. The molecule has 0 amide bonds. The molecule has 0 bridgehead atoms. The van der Waals surface area contributed by atoms with Crippen LogP contribution < -0.4 is 0 Å². The van der Waals surface area contributed by atoms with Crippen molar-refractivity contribution in [2.24, 2.45) is 5.92 Å². The minimum absolute atomic E-state index is 0.206. The van der Waals surface area contributed by atoms with E-state index in [1.54, 1.807) is 13.8 Å². The molecule has 0 heterocycles. The normalized spacial score (nSPS) is 9.85. The third-order valence-corrected chi connectivity index (χ3v) is 2.02. The molecule has 0 spiro atoms. The summed E-state index contributed by atoms with van der Waals surface area (Å²) in [6.07, 6.45) is 0. The van der Waals surface area contributed by atoms with Gasteiger partial charge < -0.3 is 0 Å². The Labute approximate surface area is 84.1 Å². The predicted molar refractivity (Wildman–Crippen MR) is 57.0 cm³/mol. The number of carbonyl (C=O) groups excluding carboxylic acids is 2. The first-order chi connectivity index (χ1) is 5.91. The summed E-state index contributed by atoms with van der Waals surface area (Å²) in [5, 5.41) is 0. The maximum Gasteiger partial charge on any atom is 0.169 e. The van der Waals surface area contributed by atoms with Crippen molar-refractivity contribution in [2.75, 3.05) is 5.75 Å². The summed E-state index contributed by atoms with van der Waals surface area (Å²) in [6.45, 7) is 10.2. The molecule has 0 saturated heterocycles. The zero-order chi connectivity index (χ0) is 10.6. The maximum absolute atomic E-state index is 11.4. The number of Topliss-reactive ketones (excluding diaryl/α,β-unsaturated/α-hetero) is 2. The molecule has 0 atom stereocenters. The van der Waals surface area contributed by atoms with Crippen LogP contribution in [-0.2, 0) is 9.59 Å². The lowest BCUT2D eigenvalue weighted by Gasteiger charge is -2.11. The van der Waals surface area contributed by atoms with Crippen LogP contribution in [0.15, 0.2) is 24.3 Å². The van der Waals surface area contributed by atoms with Gasteiger partial charge in [-0.1, -0.05) is 13.2 Å². The van der Waals surface area contributed by atoms with Crippen molar-refractivity contribution in [1.29, 1.82) is 0 Å². The van der Waals surface area contributed by atoms with Gasteiger partial charge in [-0.25, -0.2) is 0 Å². The van der Waals surface area contributed by atoms with E-state index in [-0.39, 0.29) is 17.3 Å². The number of hydrogen-bond acceptors (Lipinski definition) is 3. The van der Waals surface area contributed by atoms with E-state index in [0.717, 1.165) is 0 Å². The number of allylic oxidation sites excluding steroid dienone is 2. The molecule has 72 valence electrons. The van der Waals surface area contributed by atoms with Crippen LogP contribution in [0, 0.1) is 5.92 Å². The lowest BCUT2D eigenvalue weighted by atomic mass is 9.93. The van der Waals surface area contributed by atoms with Crippen molar-refractivity contribution in [3.05, 3.63) is 24.3 Å². The highest BCUT2D eigenvalue weighted by molar-refractivity contribution is 7.80. The minimum Gasteiger partial charge on any atom is -0.294 e. The highest BCUT2D eigenvalue weighted by Crippen LogP contribution is 2.12. The zero-order valence-corrected chi connectivity index (χ0v) is 8.86. The van der Waals surface area contributed by atoms with Gasteiger partial charge in [-0.15, -0.1) is 0 Å². The second-order valence-electron chi connectivity index (χ2n) is 3.02. The molecule has 0 saturated carbocycles. The third kappa shape index (κ3) is 3.19. The largest absolute Gasteiger partial charge is 0.294 e. The molecular weight excluding hydrogens is 184 g/mol. The first-order valence-corrected chi connectivity index (χ1v) is 4.55. The topological polar surface area (TPSA) is 34.1 Å². The van der Waals surface area contributed by atoms with E-state index in [0.29, 0.717) is 11.1 Å². The van der Waals surface area contributed by atoms with E-state index < -0.39 is 5.92 Å². The van der Waals surface area contributed by atoms with E-state index in [1.807, 2.05) is 0 Å². The molecule has 0 aliphatic rings. The van der Waals surface area contributed by atoms with Crippen LogP contribution in [0.4, 0.5) is 0 Å². The molecule has 13 heavy (non-hydrogen) atoms. The number of carbonyl (C=O) groups is 2. The molecule has 0 aromatic carbocycles. The van der Waals surface area contributed by atoms with Gasteiger partial charge in [0, 0.05) is 5.75 Å². The summed E-state index contributed by atoms with van der Waals surface area (Å²) >= 11 is 3.96. The highest BCUT2D eigenvalue weighted by Gasteiger charge is 2.25. The zero-order valence-electron chi connectivity index (χ0n) is 7.96. The Morgan fingerprint density at radius 1 is 1.15 bits per heavy atom. The van der Waals surface area contributed by atoms with Crippen LogP contribution in [0.3, 0.4) is 0 Å². The molecule has 0 radical (unpaired) electrons. The maximum atomic E-state index is 11.4. The van der Waals surface area contributed by atoms with Gasteiger partial charge in [0.15, 0.2) is 11.6 Å². The summed E-state index contributed by atoms with van der Waals surface area (Å²) in [5.41, 5.74) is 0.766. The summed E-state index contributed by atoms with van der Waals surface area (Å²) in [7, 11) is 0. The van der Waals surface area contributed by atoms with Crippen molar-refractivity contribution >= 4 is 24.2 Å². The fourth-order valence-electron chi connectivity index (χ4n) is 0.880. The fraction of sp³-hybridized carbons (Fsp3) is 0.400. The molecular formula is C10H14O2S. The summed E-state index contributed by atoms with van der Waals surface area (Å²) in [4.78, 5) is 22.8. The number of hydrogen-bond donors (Lipinski definition) is 1. The molecule has 2 nitrogen and oxygen atoms in total. The van der Waals surface area contributed by atoms with Crippen LogP contribution >= 0.6 is 12.6 Å². The van der Waals surface area contributed by atoms with Crippen molar-refractivity contribution < 1.29 is 9.59 Å². The Morgan fingerprint density at radius 3 is 1.62 bits per heavy atom. The van der Waals surface area contributed by atoms with Crippen molar-refractivity contribution in [2.45, 2.75) is 13.8 Å². The number of ketones is 2. The summed E-state index contributed by atoms with van der Waals surface area (Å²) < 4.78 is 0. The van der Waals surface area contributed by atoms with E-state index in [2.05, 4.69) is 25.8 Å². The lowest BCUT2D eigenvalue weighted by molar-refractivity contribution is -0.127. The smallest absolute Gasteiger partial charge is 0.169 e. The van der Waals surface area contributed by atoms with Gasteiger partial charge in [0.25, 0.3) is 0 Å². The Bertz CT molecular complexity index is 240. The van der Waals surface area contributed by atoms with Crippen LogP contribution in [0.25, 0.3) is 0 Å². The quantitative estimate of drug-likeness (QED) is 0.415. The van der Waals surface area contributed by atoms with E-state index in [4.69, 9.17) is 0 Å². The fourth-order valence-corrected chi connectivity index (χ4v) is 1.21. The second kappa shape index (κ2) is 5.02. The van der Waals surface area contributed by atoms with Crippen molar-refractivity contribution in [3.63, 3.8) is 0 Å². The lowest BCUT2D eigenvalue weighted by Crippen LogP contribution is -2.26. The third-order valence-electron chi connectivity index (χ3n) is 1.66. The van der Waals surface area contributed by atoms with E-state index >= 15 is 0 Å².